The van der Waals surface area contributed by atoms with Gasteiger partial charge in [0, 0.05) is 0 Å². The third kappa shape index (κ3) is 1.86. The summed E-state index contributed by atoms with van der Waals surface area (Å²) < 4.78 is 24.4. The lowest BCUT2D eigenvalue weighted by molar-refractivity contribution is 0.146. The van der Waals surface area contributed by atoms with Gasteiger partial charge in [-0.1, -0.05) is 0 Å². The van der Waals surface area contributed by atoms with Crippen LogP contribution >= 0.6 is 15.9 Å². The number of anilines is 1. The van der Waals surface area contributed by atoms with Crippen LogP contribution in [0.25, 0.3) is 0 Å². The highest BCUT2D eigenvalue weighted by Crippen LogP contribution is 2.22. The maximum absolute atomic E-state index is 11.9. The van der Waals surface area contributed by atoms with Crippen LogP contribution in [0.3, 0.4) is 0 Å². The number of pyridine rings is 1. The molecule has 0 spiro atoms. The molecule has 0 bridgehead atoms. The van der Waals surface area contributed by atoms with Gasteiger partial charge in [-0.05, 0) is 28.1 Å². The van der Waals surface area contributed by atoms with E-state index in [0.717, 1.165) is 0 Å². The summed E-state index contributed by atoms with van der Waals surface area (Å²) in [6, 6.07) is 2.68. The fraction of sp³-hybridized carbons (Fsp3) is 0.167. The topological polar surface area (TPSA) is 38.9 Å². The van der Waals surface area contributed by atoms with Crippen LogP contribution in [0.15, 0.2) is 16.6 Å². The van der Waals surface area contributed by atoms with Crippen molar-refractivity contribution >= 4 is 21.7 Å². The minimum atomic E-state index is -2.56. The molecule has 0 saturated heterocycles. The summed E-state index contributed by atoms with van der Waals surface area (Å²) in [5.41, 5.74) is 4.97. The van der Waals surface area contributed by atoms with Crippen LogP contribution in [0.4, 0.5) is 14.6 Å². The predicted octanol–water partition coefficient (Wildman–Crippen LogP) is 2.36. The highest BCUT2D eigenvalue weighted by atomic mass is 79.9. The van der Waals surface area contributed by atoms with Crippen LogP contribution < -0.4 is 5.73 Å². The highest BCUT2D eigenvalue weighted by Gasteiger charge is 2.09. The molecule has 2 nitrogen and oxygen atoms in total. The zero-order valence-electron chi connectivity index (χ0n) is 5.39. The van der Waals surface area contributed by atoms with Crippen LogP contribution in [-0.4, -0.2) is 4.98 Å². The van der Waals surface area contributed by atoms with Crippen LogP contribution in [0.2, 0.25) is 0 Å². The van der Waals surface area contributed by atoms with E-state index < -0.39 is 6.43 Å². The summed E-state index contributed by atoms with van der Waals surface area (Å²) in [6.45, 7) is 0. The lowest BCUT2D eigenvalue weighted by Crippen LogP contribution is -1.96. The first-order valence-electron chi connectivity index (χ1n) is 2.81. The molecule has 0 fully saturated rings. The van der Waals surface area contributed by atoms with Crippen LogP contribution in [0, 0.1) is 0 Å². The van der Waals surface area contributed by atoms with Crippen molar-refractivity contribution in [3.8, 4) is 0 Å². The molecule has 0 saturated carbocycles. The van der Waals surface area contributed by atoms with Crippen molar-refractivity contribution in [2.24, 2.45) is 0 Å². The number of rotatable bonds is 1. The smallest absolute Gasteiger partial charge is 0.280 e. The van der Waals surface area contributed by atoms with Crippen molar-refractivity contribution in [3.63, 3.8) is 0 Å². The molecule has 1 heterocycles. The fourth-order valence-electron chi connectivity index (χ4n) is 0.595. The monoisotopic (exact) mass is 222 g/mol. The van der Waals surface area contributed by atoms with Crippen LogP contribution in [0.5, 0.6) is 0 Å². The minimum absolute atomic E-state index is 0.0859. The Hall–Kier alpha value is -0.710. The van der Waals surface area contributed by atoms with Gasteiger partial charge in [0.25, 0.3) is 6.43 Å². The molecule has 0 radical (unpaired) electrons. The zero-order chi connectivity index (χ0) is 8.43. The Morgan fingerprint density at radius 1 is 1.45 bits per heavy atom. The van der Waals surface area contributed by atoms with Gasteiger partial charge in [0.05, 0.1) is 4.47 Å². The summed E-state index contributed by atoms with van der Waals surface area (Å²) in [6.07, 6.45) is -2.56. The largest absolute Gasteiger partial charge is 0.383 e. The molecule has 2 N–H and O–H groups in total. The Bertz CT molecular complexity index is 265. The van der Waals surface area contributed by atoms with Gasteiger partial charge >= 0.3 is 0 Å². The quantitative estimate of drug-likeness (QED) is 0.793. The van der Waals surface area contributed by atoms with Gasteiger partial charge in [-0.15, -0.1) is 0 Å². The van der Waals surface area contributed by atoms with Crippen molar-refractivity contribution in [3.05, 3.63) is 22.3 Å². The first-order chi connectivity index (χ1) is 5.11. The van der Waals surface area contributed by atoms with E-state index in [1.807, 2.05) is 0 Å². The fourth-order valence-corrected chi connectivity index (χ4v) is 0.816. The first-order valence-corrected chi connectivity index (χ1v) is 3.60. The highest BCUT2D eigenvalue weighted by molar-refractivity contribution is 9.10. The van der Waals surface area contributed by atoms with Gasteiger partial charge < -0.3 is 5.73 Å². The second kappa shape index (κ2) is 3.13. The molecule has 0 atom stereocenters. The number of halogens is 3. The SMILES string of the molecule is Nc1nc(C(F)F)ccc1Br. The Kier molecular flexibility index (Phi) is 2.38. The van der Waals surface area contributed by atoms with E-state index in [0.29, 0.717) is 4.47 Å². The molecular formula is C6H5BrF2N2. The van der Waals surface area contributed by atoms with Crippen LogP contribution in [-0.2, 0) is 0 Å². The first kappa shape index (κ1) is 8.39. The number of alkyl halides is 2. The zero-order valence-corrected chi connectivity index (χ0v) is 6.98. The van der Waals surface area contributed by atoms with Crippen molar-refractivity contribution in [1.29, 1.82) is 0 Å². The molecule has 60 valence electrons. The van der Waals surface area contributed by atoms with Gasteiger partial charge in [-0.3, -0.25) is 0 Å². The normalized spacial score (nSPS) is 10.5. The van der Waals surface area contributed by atoms with Crippen molar-refractivity contribution in [2.75, 3.05) is 5.73 Å². The maximum atomic E-state index is 11.9. The molecule has 1 aromatic heterocycles. The van der Waals surface area contributed by atoms with Gasteiger partial charge in [0.15, 0.2) is 0 Å². The van der Waals surface area contributed by atoms with E-state index in [9.17, 15) is 8.78 Å². The van der Waals surface area contributed by atoms with Crippen molar-refractivity contribution in [2.45, 2.75) is 6.43 Å². The lowest BCUT2D eigenvalue weighted by atomic mass is 10.3. The Labute approximate surface area is 70.6 Å². The second-order valence-corrected chi connectivity index (χ2v) is 2.76. The average molecular weight is 223 g/mol. The third-order valence-electron chi connectivity index (χ3n) is 1.12. The summed E-state index contributed by atoms with van der Waals surface area (Å²) >= 11 is 3.05. The molecular weight excluding hydrogens is 218 g/mol. The van der Waals surface area contributed by atoms with E-state index in [-0.39, 0.29) is 11.5 Å². The van der Waals surface area contributed by atoms with Gasteiger partial charge in [0.2, 0.25) is 0 Å². The molecule has 11 heavy (non-hydrogen) atoms. The molecule has 0 amide bonds. The van der Waals surface area contributed by atoms with Crippen molar-refractivity contribution in [1.82, 2.24) is 4.98 Å². The third-order valence-corrected chi connectivity index (χ3v) is 1.79. The van der Waals surface area contributed by atoms with Crippen LogP contribution in [0.1, 0.15) is 12.1 Å². The molecule has 0 aliphatic heterocycles. The summed E-state index contributed by atoms with van der Waals surface area (Å²) in [7, 11) is 0. The Balaban J connectivity index is 3.05. The molecule has 0 aromatic carbocycles. The van der Waals surface area contributed by atoms with E-state index >= 15 is 0 Å². The van der Waals surface area contributed by atoms with E-state index in [2.05, 4.69) is 20.9 Å². The van der Waals surface area contributed by atoms with E-state index in [1.165, 1.54) is 12.1 Å². The number of nitrogens with two attached hydrogens (primary N) is 1. The second-order valence-electron chi connectivity index (χ2n) is 1.90. The number of nitrogen functional groups attached to an aromatic ring is 1. The Morgan fingerprint density at radius 2 is 2.09 bits per heavy atom. The van der Waals surface area contributed by atoms with Crippen molar-refractivity contribution < 1.29 is 8.78 Å². The lowest BCUT2D eigenvalue weighted by Gasteiger charge is -2.00. The predicted molar refractivity (Wildman–Crippen MR) is 41.3 cm³/mol. The number of hydrogen-bond acceptors (Lipinski definition) is 2. The summed E-state index contributed by atoms with van der Waals surface area (Å²) in [4.78, 5) is 3.45. The van der Waals surface area contributed by atoms with E-state index in [1.54, 1.807) is 0 Å². The standard InChI is InChI=1S/C6H5BrF2N2/c7-3-1-2-4(5(8)9)11-6(3)10/h1-2,5H,(H2,10,11). The van der Waals surface area contributed by atoms with Gasteiger partial charge in [0.1, 0.15) is 11.5 Å². The number of nitrogens with zero attached hydrogens (tertiary/aromatic N) is 1. The molecule has 1 rings (SSSR count). The minimum Gasteiger partial charge on any atom is -0.383 e. The Morgan fingerprint density at radius 3 is 2.55 bits per heavy atom. The summed E-state index contributed by atoms with van der Waals surface area (Å²) in [5.74, 6) is 0.0859. The summed E-state index contributed by atoms with van der Waals surface area (Å²) in [5, 5.41) is 0. The van der Waals surface area contributed by atoms with Gasteiger partial charge in [-0.2, -0.15) is 0 Å². The number of hydrogen-bond donors (Lipinski definition) is 1. The molecule has 0 aliphatic rings. The number of aromatic nitrogens is 1. The van der Waals surface area contributed by atoms with E-state index in [4.69, 9.17) is 5.73 Å². The average Bonchev–Trinajstić information content (AvgIpc) is 1.94. The molecule has 0 aliphatic carbocycles. The molecule has 0 unspecified atom stereocenters. The van der Waals surface area contributed by atoms with Gasteiger partial charge in [-0.25, -0.2) is 13.8 Å². The molecule has 5 heteroatoms. The molecule has 1 aromatic rings. The maximum Gasteiger partial charge on any atom is 0.280 e.